The Morgan fingerprint density at radius 3 is 2.07 bits per heavy atom. The molecule has 0 heterocycles. The maximum Gasteiger partial charge on any atom is 0.0624 e. The summed E-state index contributed by atoms with van der Waals surface area (Å²) in [5.41, 5.74) is 0. The van der Waals surface area contributed by atoms with E-state index >= 15 is 0 Å². The molecule has 3 unspecified atom stereocenters. The number of rotatable bonds is 6. The first-order valence-electron chi connectivity index (χ1n) is 6.06. The smallest absolute Gasteiger partial charge is 0.0624 e. The Kier molecular flexibility index (Phi) is 6.22. The Morgan fingerprint density at radius 2 is 1.53 bits per heavy atom. The zero-order valence-electron chi connectivity index (χ0n) is 10.2. The summed E-state index contributed by atoms with van der Waals surface area (Å²) in [4.78, 5) is 0. The number of ether oxygens (including phenoxy) is 3. The van der Waals surface area contributed by atoms with Crippen LogP contribution in [0.4, 0.5) is 0 Å². The normalized spacial score (nSPS) is 31.8. The second-order valence-electron chi connectivity index (χ2n) is 4.13. The highest BCUT2D eigenvalue weighted by Gasteiger charge is 2.29. The molecule has 0 amide bonds. The summed E-state index contributed by atoms with van der Waals surface area (Å²) in [7, 11) is 1.77. The van der Waals surface area contributed by atoms with Crippen molar-refractivity contribution >= 4 is 0 Å². The lowest BCUT2D eigenvalue weighted by Crippen LogP contribution is -2.37. The molecule has 3 heteroatoms. The summed E-state index contributed by atoms with van der Waals surface area (Å²) in [6.07, 6.45) is 5.06. The third-order valence-corrected chi connectivity index (χ3v) is 2.87. The van der Waals surface area contributed by atoms with Crippen LogP contribution in [0.25, 0.3) is 0 Å². The van der Waals surface area contributed by atoms with Crippen LogP contribution in [0, 0.1) is 0 Å². The van der Waals surface area contributed by atoms with Gasteiger partial charge >= 0.3 is 0 Å². The summed E-state index contributed by atoms with van der Waals surface area (Å²) < 4.78 is 16.9. The van der Waals surface area contributed by atoms with E-state index in [9.17, 15) is 0 Å². The molecule has 1 aliphatic carbocycles. The summed E-state index contributed by atoms with van der Waals surface area (Å²) >= 11 is 0. The van der Waals surface area contributed by atoms with Gasteiger partial charge in [-0.2, -0.15) is 0 Å². The first kappa shape index (κ1) is 12.9. The highest BCUT2D eigenvalue weighted by Crippen LogP contribution is 2.25. The molecular weight excluding hydrogens is 192 g/mol. The van der Waals surface area contributed by atoms with Crippen molar-refractivity contribution in [1.29, 1.82) is 0 Å². The van der Waals surface area contributed by atoms with Gasteiger partial charge < -0.3 is 14.2 Å². The fourth-order valence-corrected chi connectivity index (χ4v) is 2.15. The van der Waals surface area contributed by atoms with E-state index in [1.165, 1.54) is 0 Å². The van der Waals surface area contributed by atoms with E-state index in [0.29, 0.717) is 18.3 Å². The molecule has 1 rings (SSSR count). The van der Waals surface area contributed by atoms with Crippen molar-refractivity contribution < 1.29 is 14.2 Å². The molecule has 1 fully saturated rings. The van der Waals surface area contributed by atoms with Gasteiger partial charge in [0, 0.05) is 20.3 Å². The van der Waals surface area contributed by atoms with Gasteiger partial charge in [0.1, 0.15) is 0 Å². The van der Waals surface area contributed by atoms with E-state index in [2.05, 4.69) is 6.92 Å². The highest BCUT2D eigenvalue weighted by atomic mass is 16.5. The van der Waals surface area contributed by atoms with Crippen molar-refractivity contribution in [2.24, 2.45) is 0 Å². The van der Waals surface area contributed by atoms with Crippen LogP contribution in [0.15, 0.2) is 0 Å². The van der Waals surface area contributed by atoms with Crippen molar-refractivity contribution in [1.82, 2.24) is 0 Å². The Balaban J connectivity index is 2.36. The van der Waals surface area contributed by atoms with E-state index in [-0.39, 0.29) is 0 Å². The van der Waals surface area contributed by atoms with Crippen molar-refractivity contribution in [3.8, 4) is 0 Å². The van der Waals surface area contributed by atoms with Gasteiger partial charge in [-0.1, -0.05) is 6.92 Å². The van der Waals surface area contributed by atoms with Gasteiger partial charge in [-0.05, 0) is 32.6 Å². The molecule has 0 radical (unpaired) electrons. The second-order valence-corrected chi connectivity index (χ2v) is 4.13. The topological polar surface area (TPSA) is 27.7 Å². The SMILES string of the molecule is CCCOC1CC(OC)CC(OCC)C1. The van der Waals surface area contributed by atoms with Gasteiger partial charge in [-0.3, -0.25) is 0 Å². The van der Waals surface area contributed by atoms with Crippen LogP contribution in [0.5, 0.6) is 0 Å². The zero-order chi connectivity index (χ0) is 11.1. The van der Waals surface area contributed by atoms with Crippen molar-refractivity contribution in [2.45, 2.75) is 57.8 Å². The van der Waals surface area contributed by atoms with Crippen LogP contribution >= 0.6 is 0 Å². The van der Waals surface area contributed by atoms with E-state index in [1.54, 1.807) is 7.11 Å². The standard InChI is InChI=1S/C12H24O3/c1-4-6-15-12-8-10(13-3)7-11(9-12)14-5-2/h10-12H,4-9H2,1-3H3. The Labute approximate surface area is 93.1 Å². The highest BCUT2D eigenvalue weighted by molar-refractivity contribution is 4.80. The largest absolute Gasteiger partial charge is 0.381 e. The third-order valence-electron chi connectivity index (χ3n) is 2.87. The predicted molar refractivity (Wildman–Crippen MR) is 60.1 cm³/mol. The maximum atomic E-state index is 5.78. The second kappa shape index (κ2) is 7.20. The number of hydrogen-bond donors (Lipinski definition) is 0. The molecule has 3 atom stereocenters. The van der Waals surface area contributed by atoms with Gasteiger partial charge in [-0.25, -0.2) is 0 Å². The van der Waals surface area contributed by atoms with Gasteiger partial charge in [0.25, 0.3) is 0 Å². The van der Waals surface area contributed by atoms with E-state index in [0.717, 1.165) is 38.9 Å². The van der Waals surface area contributed by atoms with Crippen LogP contribution in [-0.4, -0.2) is 38.6 Å². The van der Waals surface area contributed by atoms with Crippen molar-refractivity contribution in [2.75, 3.05) is 20.3 Å². The van der Waals surface area contributed by atoms with Crippen LogP contribution in [-0.2, 0) is 14.2 Å². The summed E-state index contributed by atoms with van der Waals surface area (Å²) in [6, 6.07) is 0. The Bertz CT molecular complexity index is 161. The van der Waals surface area contributed by atoms with E-state index in [4.69, 9.17) is 14.2 Å². The van der Waals surface area contributed by atoms with Gasteiger partial charge in [-0.15, -0.1) is 0 Å². The van der Waals surface area contributed by atoms with Gasteiger partial charge in [0.05, 0.1) is 18.3 Å². The number of hydrogen-bond acceptors (Lipinski definition) is 3. The molecule has 90 valence electrons. The third kappa shape index (κ3) is 4.49. The van der Waals surface area contributed by atoms with Crippen LogP contribution < -0.4 is 0 Å². The lowest BCUT2D eigenvalue weighted by atomic mass is 9.92. The molecule has 1 aliphatic rings. The fraction of sp³-hybridized carbons (Fsp3) is 1.00. The minimum atomic E-state index is 0.303. The molecule has 0 saturated heterocycles. The molecule has 0 aromatic heterocycles. The average molecular weight is 216 g/mol. The molecule has 0 spiro atoms. The van der Waals surface area contributed by atoms with E-state index < -0.39 is 0 Å². The summed E-state index contributed by atoms with van der Waals surface area (Å²) in [5.74, 6) is 0. The Hall–Kier alpha value is -0.120. The quantitative estimate of drug-likeness (QED) is 0.682. The van der Waals surface area contributed by atoms with E-state index in [1.807, 2.05) is 6.92 Å². The molecule has 0 aromatic carbocycles. The minimum absolute atomic E-state index is 0.303. The molecular formula is C12H24O3. The summed E-state index contributed by atoms with van der Waals surface area (Å²) in [6.45, 7) is 5.80. The van der Waals surface area contributed by atoms with Gasteiger partial charge in [0.15, 0.2) is 0 Å². The van der Waals surface area contributed by atoms with Crippen LogP contribution in [0.2, 0.25) is 0 Å². The first-order valence-corrected chi connectivity index (χ1v) is 6.06. The minimum Gasteiger partial charge on any atom is -0.381 e. The molecule has 15 heavy (non-hydrogen) atoms. The van der Waals surface area contributed by atoms with Crippen LogP contribution in [0.3, 0.4) is 0 Å². The van der Waals surface area contributed by atoms with Crippen LogP contribution in [0.1, 0.15) is 39.5 Å². The maximum absolute atomic E-state index is 5.78. The molecule has 3 nitrogen and oxygen atoms in total. The lowest BCUT2D eigenvalue weighted by Gasteiger charge is -2.33. The number of methoxy groups -OCH3 is 1. The molecule has 0 aliphatic heterocycles. The monoisotopic (exact) mass is 216 g/mol. The summed E-state index contributed by atoms with van der Waals surface area (Å²) in [5, 5.41) is 0. The van der Waals surface area contributed by atoms with Crippen molar-refractivity contribution in [3.63, 3.8) is 0 Å². The molecule has 0 bridgehead atoms. The fourth-order valence-electron chi connectivity index (χ4n) is 2.15. The average Bonchev–Trinajstić information content (AvgIpc) is 2.26. The Morgan fingerprint density at radius 1 is 0.933 bits per heavy atom. The zero-order valence-corrected chi connectivity index (χ0v) is 10.2. The van der Waals surface area contributed by atoms with Crippen molar-refractivity contribution in [3.05, 3.63) is 0 Å². The predicted octanol–water partition coefficient (Wildman–Crippen LogP) is 2.39. The molecule has 0 N–H and O–H groups in total. The molecule has 0 aromatic rings. The lowest BCUT2D eigenvalue weighted by molar-refractivity contribution is -0.0894. The first-order chi connectivity index (χ1) is 7.30. The van der Waals surface area contributed by atoms with Gasteiger partial charge in [0.2, 0.25) is 0 Å². The molecule has 1 saturated carbocycles.